The molecule has 0 bridgehead atoms. The van der Waals surface area contributed by atoms with E-state index in [9.17, 15) is 4.79 Å². The molecule has 0 unspecified atom stereocenters. The zero-order chi connectivity index (χ0) is 32.4. The van der Waals surface area contributed by atoms with E-state index in [1.54, 1.807) is 0 Å². The maximum atomic E-state index is 12.6. The van der Waals surface area contributed by atoms with Crippen molar-refractivity contribution < 1.29 is 14.3 Å². The second-order valence-corrected chi connectivity index (χ2v) is 13.9. The Kier molecular flexibility index (Phi) is 32.1. The van der Waals surface area contributed by atoms with Gasteiger partial charge in [0.05, 0.1) is 11.7 Å². The number of amides is 1. The van der Waals surface area contributed by atoms with Gasteiger partial charge in [0.2, 0.25) is 0 Å². The van der Waals surface area contributed by atoms with Gasteiger partial charge in [-0.3, -0.25) is 0 Å². The lowest BCUT2D eigenvalue weighted by Gasteiger charge is -2.24. The average molecular weight is 621 g/mol. The molecule has 1 amide bonds. The lowest BCUT2D eigenvalue weighted by molar-refractivity contribution is -0.0232. The minimum Gasteiger partial charge on any atom is -0.446 e. The van der Waals surface area contributed by atoms with E-state index >= 15 is 0 Å². The fourth-order valence-electron chi connectivity index (χ4n) is 5.92. The first-order chi connectivity index (χ1) is 21.4. The van der Waals surface area contributed by atoms with Crippen LogP contribution in [0.15, 0.2) is 0 Å². The summed E-state index contributed by atoms with van der Waals surface area (Å²) in [6.07, 6.45) is 36.0. The van der Waals surface area contributed by atoms with Gasteiger partial charge in [-0.1, -0.05) is 155 Å². The summed E-state index contributed by atoms with van der Waals surface area (Å²) in [5.41, 5.74) is -0.302. The molecule has 0 saturated carbocycles. The number of nitriles is 1. The molecule has 0 aromatic rings. The highest BCUT2D eigenvalue weighted by molar-refractivity contribution is 5.67. The number of alkyl carbamates (subject to hydrolysis) is 1. The smallest absolute Gasteiger partial charge is 0.407 e. The van der Waals surface area contributed by atoms with Crippen LogP contribution in [0.2, 0.25) is 0 Å². The molecule has 260 valence electrons. The first-order valence-electron chi connectivity index (χ1n) is 19.4. The zero-order valence-electron chi connectivity index (χ0n) is 30.2. The van der Waals surface area contributed by atoms with Crippen molar-refractivity contribution >= 4 is 6.09 Å². The molecule has 0 aromatic carbocycles. The average Bonchev–Trinajstić information content (AvgIpc) is 3.00. The summed E-state index contributed by atoms with van der Waals surface area (Å²) in [4.78, 5) is 12.6. The van der Waals surface area contributed by atoms with Gasteiger partial charge in [0.25, 0.3) is 0 Å². The van der Waals surface area contributed by atoms with E-state index in [-0.39, 0.29) is 17.8 Å². The van der Waals surface area contributed by atoms with Crippen LogP contribution in [-0.2, 0) is 9.47 Å². The Morgan fingerprint density at radius 1 is 0.636 bits per heavy atom. The predicted molar refractivity (Wildman–Crippen MR) is 189 cm³/mol. The number of carbonyl (C=O) groups excluding carboxylic acids is 1. The second kappa shape index (κ2) is 33.1. The Hall–Kier alpha value is -1.28. The van der Waals surface area contributed by atoms with Crippen LogP contribution in [0.5, 0.6) is 0 Å². The molecule has 0 spiro atoms. The minimum absolute atomic E-state index is 0.0300. The summed E-state index contributed by atoms with van der Waals surface area (Å²) in [6.45, 7) is 9.72. The summed E-state index contributed by atoms with van der Waals surface area (Å²) in [6, 6.07) is 2.18. The number of hydrogen-bond donors (Lipinski definition) is 1. The Bertz CT molecular complexity index is 618. The summed E-state index contributed by atoms with van der Waals surface area (Å²) >= 11 is 0. The number of unbranched alkanes of at least 4 members (excludes halogenated alkanes) is 22. The maximum Gasteiger partial charge on any atom is 0.407 e. The summed E-state index contributed by atoms with van der Waals surface area (Å²) in [5, 5.41) is 11.7. The Morgan fingerprint density at radius 2 is 1.02 bits per heavy atom. The van der Waals surface area contributed by atoms with Crippen molar-refractivity contribution in [2.24, 2.45) is 0 Å². The van der Waals surface area contributed by atoms with Crippen molar-refractivity contribution in [3.63, 3.8) is 0 Å². The lowest BCUT2D eigenvalue weighted by atomic mass is 10.0. The lowest BCUT2D eigenvalue weighted by Crippen LogP contribution is -2.31. The first kappa shape index (κ1) is 42.7. The normalized spacial score (nSPS) is 11.6. The topological polar surface area (TPSA) is 71.3 Å². The SMILES string of the molecule is CCCCCCCCCCCCCCC(CCCCCCCCCCCCCC)OC(=O)NCCCOC(C)(C)CCC#N. The standard InChI is InChI=1S/C39H76N2O3/c1-5-7-9-11-13-15-17-19-21-23-25-27-31-37(32-28-26-24-22-20-18-16-14-12-10-8-6-2)44-38(42)41-35-30-36-43-39(3,4)33-29-34-40/h37H,5-33,35-36H2,1-4H3,(H,41,42). The summed E-state index contributed by atoms with van der Waals surface area (Å²) < 4.78 is 11.8. The summed E-state index contributed by atoms with van der Waals surface area (Å²) in [5.74, 6) is 0. The van der Waals surface area contributed by atoms with E-state index in [2.05, 4.69) is 25.2 Å². The Balaban J connectivity index is 4.18. The molecule has 0 atom stereocenters. The molecule has 0 radical (unpaired) electrons. The fraction of sp³-hybridized carbons (Fsp3) is 0.949. The van der Waals surface area contributed by atoms with E-state index in [1.807, 2.05) is 13.8 Å². The van der Waals surface area contributed by atoms with Crippen molar-refractivity contribution in [1.82, 2.24) is 5.32 Å². The number of carbonyl (C=O) groups is 1. The number of hydrogen-bond acceptors (Lipinski definition) is 4. The van der Waals surface area contributed by atoms with Crippen molar-refractivity contribution in [2.45, 2.75) is 226 Å². The van der Waals surface area contributed by atoms with Gasteiger partial charge < -0.3 is 14.8 Å². The molecule has 5 nitrogen and oxygen atoms in total. The number of nitrogens with zero attached hydrogens (tertiary/aromatic N) is 1. The number of ether oxygens (including phenoxy) is 2. The zero-order valence-corrected chi connectivity index (χ0v) is 30.2. The third-order valence-electron chi connectivity index (χ3n) is 8.96. The fourth-order valence-corrected chi connectivity index (χ4v) is 5.92. The molecule has 0 rings (SSSR count). The molecule has 0 aliphatic rings. The summed E-state index contributed by atoms with van der Waals surface area (Å²) in [7, 11) is 0. The van der Waals surface area contributed by atoms with Crippen LogP contribution in [0.4, 0.5) is 4.79 Å². The Morgan fingerprint density at radius 3 is 1.41 bits per heavy atom. The van der Waals surface area contributed by atoms with E-state index in [4.69, 9.17) is 14.7 Å². The van der Waals surface area contributed by atoms with Gasteiger partial charge in [-0.25, -0.2) is 4.79 Å². The highest BCUT2D eigenvalue weighted by Gasteiger charge is 2.18. The minimum atomic E-state index is -0.302. The molecular formula is C39H76N2O3. The molecule has 0 saturated heterocycles. The van der Waals surface area contributed by atoms with Crippen LogP contribution in [0.1, 0.15) is 214 Å². The van der Waals surface area contributed by atoms with Gasteiger partial charge in [0.15, 0.2) is 0 Å². The van der Waals surface area contributed by atoms with E-state index in [0.717, 1.165) is 38.5 Å². The van der Waals surface area contributed by atoms with Crippen LogP contribution >= 0.6 is 0 Å². The number of rotatable bonds is 34. The van der Waals surface area contributed by atoms with E-state index in [0.29, 0.717) is 19.6 Å². The van der Waals surface area contributed by atoms with Gasteiger partial charge in [-0.05, 0) is 52.4 Å². The van der Waals surface area contributed by atoms with Crippen molar-refractivity contribution in [3.8, 4) is 6.07 Å². The van der Waals surface area contributed by atoms with Crippen LogP contribution in [0, 0.1) is 11.3 Å². The monoisotopic (exact) mass is 621 g/mol. The highest BCUT2D eigenvalue weighted by atomic mass is 16.6. The van der Waals surface area contributed by atoms with Crippen molar-refractivity contribution in [3.05, 3.63) is 0 Å². The third kappa shape index (κ3) is 32.1. The molecule has 44 heavy (non-hydrogen) atoms. The molecule has 0 aromatic heterocycles. The van der Waals surface area contributed by atoms with Gasteiger partial charge >= 0.3 is 6.09 Å². The van der Waals surface area contributed by atoms with Crippen LogP contribution < -0.4 is 5.32 Å². The molecule has 1 N–H and O–H groups in total. The first-order valence-corrected chi connectivity index (χ1v) is 19.4. The quantitative estimate of drug-likeness (QED) is 0.0726. The van der Waals surface area contributed by atoms with Crippen LogP contribution in [-0.4, -0.2) is 30.9 Å². The van der Waals surface area contributed by atoms with Crippen molar-refractivity contribution in [2.75, 3.05) is 13.2 Å². The second-order valence-electron chi connectivity index (χ2n) is 13.9. The van der Waals surface area contributed by atoms with Crippen molar-refractivity contribution in [1.29, 1.82) is 5.26 Å². The van der Waals surface area contributed by atoms with Gasteiger partial charge in [0, 0.05) is 19.6 Å². The van der Waals surface area contributed by atoms with E-state index in [1.165, 1.54) is 141 Å². The maximum absolute atomic E-state index is 12.6. The van der Waals surface area contributed by atoms with Crippen LogP contribution in [0.3, 0.4) is 0 Å². The molecule has 0 heterocycles. The third-order valence-corrected chi connectivity index (χ3v) is 8.96. The Labute approximate surface area is 275 Å². The van der Waals surface area contributed by atoms with Gasteiger partial charge in [-0.2, -0.15) is 5.26 Å². The van der Waals surface area contributed by atoms with E-state index < -0.39 is 0 Å². The molecule has 0 fully saturated rings. The predicted octanol–water partition coefficient (Wildman–Crippen LogP) is 12.8. The van der Waals surface area contributed by atoms with Gasteiger partial charge in [0.1, 0.15) is 6.10 Å². The molecule has 0 aliphatic carbocycles. The van der Waals surface area contributed by atoms with Crippen LogP contribution in [0.25, 0.3) is 0 Å². The molecular weight excluding hydrogens is 544 g/mol. The highest BCUT2D eigenvalue weighted by Crippen LogP contribution is 2.19. The molecule has 5 heteroatoms. The molecule has 0 aliphatic heterocycles. The number of nitrogens with one attached hydrogen (secondary N) is 1. The van der Waals surface area contributed by atoms with Gasteiger partial charge in [-0.15, -0.1) is 0 Å². The largest absolute Gasteiger partial charge is 0.446 e.